The summed E-state index contributed by atoms with van der Waals surface area (Å²) in [7, 11) is 1.62. The number of hydrogen-bond donors (Lipinski definition) is 1. The van der Waals surface area contributed by atoms with Crippen LogP contribution < -0.4 is 19.8 Å². The number of ether oxygens (including phenoxy) is 3. The van der Waals surface area contributed by atoms with Crippen LogP contribution in [-0.2, 0) is 13.1 Å². The van der Waals surface area contributed by atoms with Crippen molar-refractivity contribution in [2.45, 2.75) is 13.1 Å². The average Bonchev–Trinajstić information content (AvgIpc) is 3.07. The molecule has 0 unspecified atom stereocenters. The van der Waals surface area contributed by atoms with Crippen LogP contribution in [0.1, 0.15) is 0 Å². The fourth-order valence-electron chi connectivity index (χ4n) is 3.57. The molecule has 0 aliphatic heterocycles. The summed E-state index contributed by atoms with van der Waals surface area (Å²) >= 11 is 12.1. The summed E-state index contributed by atoms with van der Waals surface area (Å²) < 4.78 is 20.9. The van der Waals surface area contributed by atoms with Crippen LogP contribution in [0.5, 0.6) is 17.2 Å². The first-order chi connectivity index (χ1) is 15.6. The van der Waals surface area contributed by atoms with E-state index in [1.165, 1.54) is 0 Å². The first-order valence-electron chi connectivity index (χ1n) is 10.1. The summed E-state index contributed by atoms with van der Waals surface area (Å²) in [6.45, 7) is 1.79. The summed E-state index contributed by atoms with van der Waals surface area (Å²) in [5.41, 5.74) is 2.30. The van der Waals surface area contributed by atoms with Gasteiger partial charge in [-0.3, -0.25) is 5.41 Å². The minimum absolute atomic E-state index is 0. The van der Waals surface area contributed by atoms with Gasteiger partial charge in [-0.15, -0.1) is 17.0 Å². The van der Waals surface area contributed by atoms with Crippen molar-refractivity contribution in [2.75, 3.05) is 20.3 Å². The molecule has 4 rings (SSSR count). The SMILES string of the molecule is Br.COc1ccccc1OCCn1c(=N)n(CCOc2ccc(Cl)cc2Cl)c2ccccc21. The van der Waals surface area contributed by atoms with Crippen LogP contribution in [-0.4, -0.2) is 29.5 Å². The highest BCUT2D eigenvalue weighted by atomic mass is 79.9. The summed E-state index contributed by atoms with van der Waals surface area (Å²) in [5.74, 6) is 1.93. The van der Waals surface area contributed by atoms with Crippen LogP contribution in [0.2, 0.25) is 10.0 Å². The van der Waals surface area contributed by atoms with Crippen molar-refractivity contribution >= 4 is 51.2 Å². The first kappa shape index (κ1) is 25.0. The molecular formula is C24H24BrCl2N3O3. The lowest BCUT2D eigenvalue weighted by Gasteiger charge is -2.11. The second-order valence-corrected chi connectivity index (χ2v) is 7.88. The summed E-state index contributed by atoms with van der Waals surface area (Å²) in [6, 6.07) is 20.6. The molecule has 1 N–H and O–H groups in total. The first-order valence-corrected chi connectivity index (χ1v) is 10.9. The van der Waals surface area contributed by atoms with Gasteiger partial charge in [0, 0.05) is 5.02 Å². The molecule has 33 heavy (non-hydrogen) atoms. The van der Waals surface area contributed by atoms with E-state index in [4.69, 9.17) is 42.8 Å². The predicted molar refractivity (Wildman–Crippen MR) is 137 cm³/mol. The second kappa shape index (κ2) is 11.5. The summed E-state index contributed by atoms with van der Waals surface area (Å²) in [4.78, 5) is 0. The van der Waals surface area contributed by atoms with Gasteiger partial charge in [-0.1, -0.05) is 47.5 Å². The fraction of sp³-hybridized carbons (Fsp3) is 0.208. The van der Waals surface area contributed by atoms with E-state index in [0.717, 1.165) is 11.0 Å². The third kappa shape index (κ3) is 5.66. The number of nitrogens with one attached hydrogen (secondary N) is 1. The maximum absolute atomic E-state index is 8.74. The van der Waals surface area contributed by atoms with E-state index >= 15 is 0 Å². The number of nitrogens with zero attached hydrogens (tertiary/aromatic N) is 2. The molecule has 3 aromatic carbocycles. The van der Waals surface area contributed by atoms with Crippen LogP contribution in [0.3, 0.4) is 0 Å². The summed E-state index contributed by atoms with van der Waals surface area (Å²) in [6.07, 6.45) is 0. The molecule has 174 valence electrons. The third-order valence-electron chi connectivity index (χ3n) is 5.08. The Bertz CT molecular complexity index is 1290. The average molecular weight is 553 g/mol. The molecule has 0 amide bonds. The molecule has 0 bridgehead atoms. The highest BCUT2D eigenvalue weighted by Crippen LogP contribution is 2.28. The van der Waals surface area contributed by atoms with E-state index < -0.39 is 0 Å². The van der Waals surface area contributed by atoms with E-state index in [1.54, 1.807) is 25.3 Å². The van der Waals surface area contributed by atoms with Crippen LogP contribution in [0, 0.1) is 5.41 Å². The highest BCUT2D eigenvalue weighted by Gasteiger charge is 2.12. The highest BCUT2D eigenvalue weighted by molar-refractivity contribution is 8.93. The number of aromatic nitrogens is 2. The van der Waals surface area contributed by atoms with Gasteiger partial charge in [-0.25, -0.2) is 0 Å². The van der Waals surface area contributed by atoms with E-state index in [2.05, 4.69) is 0 Å². The van der Waals surface area contributed by atoms with Gasteiger partial charge in [-0.2, -0.15) is 0 Å². The fourth-order valence-corrected chi connectivity index (χ4v) is 4.03. The molecule has 0 atom stereocenters. The number of rotatable bonds is 9. The molecule has 0 saturated heterocycles. The maximum Gasteiger partial charge on any atom is 0.203 e. The van der Waals surface area contributed by atoms with E-state index in [9.17, 15) is 0 Å². The largest absolute Gasteiger partial charge is 0.493 e. The lowest BCUT2D eigenvalue weighted by atomic mass is 10.3. The van der Waals surface area contributed by atoms with Crippen molar-refractivity contribution < 1.29 is 14.2 Å². The quantitative estimate of drug-likeness (QED) is 0.278. The number of halogens is 3. The topological polar surface area (TPSA) is 61.4 Å². The predicted octanol–water partition coefficient (Wildman–Crippen LogP) is 5.97. The number of fused-ring (bicyclic) bond motifs is 1. The van der Waals surface area contributed by atoms with Crippen molar-refractivity contribution in [3.8, 4) is 17.2 Å². The normalized spacial score (nSPS) is 10.6. The Balaban J connectivity index is 0.00000306. The number of benzene rings is 3. The maximum atomic E-state index is 8.74. The lowest BCUT2D eigenvalue weighted by Crippen LogP contribution is -2.28. The minimum atomic E-state index is 0. The number of hydrogen-bond acceptors (Lipinski definition) is 4. The summed E-state index contributed by atoms with van der Waals surface area (Å²) in [5, 5.41) is 9.76. The molecule has 0 aliphatic carbocycles. The van der Waals surface area contributed by atoms with Crippen molar-refractivity contribution in [3.63, 3.8) is 0 Å². The molecule has 0 aliphatic rings. The zero-order chi connectivity index (χ0) is 22.5. The van der Waals surface area contributed by atoms with Gasteiger partial charge in [0.2, 0.25) is 5.62 Å². The molecule has 0 saturated carbocycles. The standard InChI is InChI=1S/C24H23Cl2N3O3.BrH/c1-30-22-8-4-5-9-23(22)32-15-13-29-20-7-3-2-6-19(20)28(24(29)27)12-14-31-21-11-10-17(25)16-18(21)26;/h2-11,16,27H,12-15H2,1H3;1H. The van der Waals surface area contributed by atoms with Crippen molar-refractivity contribution in [3.05, 3.63) is 82.4 Å². The van der Waals surface area contributed by atoms with Crippen molar-refractivity contribution in [2.24, 2.45) is 0 Å². The molecule has 1 aromatic heterocycles. The molecule has 0 fully saturated rings. The monoisotopic (exact) mass is 551 g/mol. The molecule has 0 radical (unpaired) electrons. The van der Waals surface area contributed by atoms with Crippen LogP contribution in [0.25, 0.3) is 11.0 Å². The second-order valence-electron chi connectivity index (χ2n) is 7.04. The van der Waals surface area contributed by atoms with E-state index in [1.807, 2.05) is 57.7 Å². The molecule has 6 nitrogen and oxygen atoms in total. The Morgan fingerprint density at radius 2 is 1.30 bits per heavy atom. The minimum Gasteiger partial charge on any atom is -0.493 e. The van der Waals surface area contributed by atoms with Crippen molar-refractivity contribution in [1.29, 1.82) is 5.41 Å². The van der Waals surface area contributed by atoms with Gasteiger partial charge in [0.25, 0.3) is 0 Å². The lowest BCUT2D eigenvalue weighted by molar-refractivity contribution is 0.276. The number of para-hydroxylation sites is 4. The third-order valence-corrected chi connectivity index (χ3v) is 5.61. The number of methoxy groups -OCH3 is 1. The Morgan fingerprint density at radius 1 is 0.758 bits per heavy atom. The van der Waals surface area contributed by atoms with Crippen LogP contribution in [0.4, 0.5) is 0 Å². The van der Waals surface area contributed by atoms with Gasteiger partial charge in [0.1, 0.15) is 19.0 Å². The Labute approximate surface area is 212 Å². The van der Waals surface area contributed by atoms with Gasteiger partial charge in [0.15, 0.2) is 11.5 Å². The van der Waals surface area contributed by atoms with Gasteiger partial charge >= 0.3 is 0 Å². The smallest absolute Gasteiger partial charge is 0.203 e. The Hall–Kier alpha value is -2.61. The Morgan fingerprint density at radius 3 is 1.88 bits per heavy atom. The molecular weight excluding hydrogens is 529 g/mol. The van der Waals surface area contributed by atoms with Crippen LogP contribution >= 0.6 is 40.2 Å². The molecule has 4 aromatic rings. The molecule has 9 heteroatoms. The van der Waals surface area contributed by atoms with Gasteiger partial charge < -0.3 is 23.3 Å². The molecule has 1 heterocycles. The van der Waals surface area contributed by atoms with E-state index in [0.29, 0.717) is 59.2 Å². The number of imidazole rings is 1. The molecule has 0 spiro atoms. The van der Waals surface area contributed by atoms with Gasteiger partial charge in [0.05, 0.1) is 36.3 Å². The van der Waals surface area contributed by atoms with Crippen LogP contribution in [0.15, 0.2) is 66.7 Å². The van der Waals surface area contributed by atoms with Crippen molar-refractivity contribution in [1.82, 2.24) is 9.13 Å². The zero-order valence-corrected chi connectivity index (χ0v) is 21.2. The van der Waals surface area contributed by atoms with E-state index in [-0.39, 0.29) is 17.0 Å². The Kier molecular flexibility index (Phi) is 8.72. The van der Waals surface area contributed by atoms with Gasteiger partial charge in [-0.05, 0) is 42.5 Å². The zero-order valence-electron chi connectivity index (χ0n) is 18.0.